The van der Waals surface area contributed by atoms with Crippen LogP contribution in [-0.2, 0) is 0 Å². The lowest BCUT2D eigenvalue weighted by Gasteiger charge is -2.13. The van der Waals surface area contributed by atoms with Gasteiger partial charge in [-0.2, -0.15) is 0 Å². The van der Waals surface area contributed by atoms with Gasteiger partial charge in [0.15, 0.2) is 0 Å². The lowest BCUT2D eigenvalue weighted by Crippen LogP contribution is -2.13. The number of benzene rings is 3. The van der Waals surface area contributed by atoms with E-state index in [2.05, 4.69) is 20.6 Å². The van der Waals surface area contributed by atoms with Crippen molar-refractivity contribution < 1.29 is 9.53 Å². The largest absolute Gasteiger partial charge is 0.497 e. The maximum atomic E-state index is 13.1. The normalized spacial score (nSPS) is 10.8. The minimum atomic E-state index is -0.234. The van der Waals surface area contributed by atoms with Gasteiger partial charge in [0.25, 0.3) is 5.91 Å². The maximum Gasteiger partial charge on any atom is 0.257 e. The first kappa shape index (κ1) is 19.5. The Bertz CT molecular complexity index is 1430. The van der Waals surface area contributed by atoms with Crippen LogP contribution in [0.3, 0.4) is 0 Å². The van der Waals surface area contributed by atoms with Crippen molar-refractivity contribution in [2.24, 2.45) is 0 Å². The number of pyridine rings is 2. The third kappa shape index (κ3) is 3.81. The number of hydrogen-bond acceptors (Lipinski definition) is 5. The van der Waals surface area contributed by atoms with Crippen molar-refractivity contribution in [1.29, 1.82) is 0 Å². The number of para-hydroxylation sites is 1. The highest BCUT2D eigenvalue weighted by atomic mass is 16.5. The molecule has 0 saturated heterocycles. The summed E-state index contributed by atoms with van der Waals surface area (Å²) in [5.41, 5.74) is 2.89. The zero-order valence-corrected chi connectivity index (χ0v) is 17.4. The van der Waals surface area contributed by atoms with E-state index in [0.717, 1.165) is 33.1 Å². The fraction of sp³-hybridized carbons (Fsp3) is 0.0385. The molecule has 0 aliphatic carbocycles. The van der Waals surface area contributed by atoms with Gasteiger partial charge < -0.3 is 15.4 Å². The molecule has 0 aliphatic heterocycles. The molecule has 156 valence electrons. The molecule has 0 aliphatic rings. The Morgan fingerprint density at radius 2 is 1.56 bits per heavy atom. The van der Waals surface area contributed by atoms with Crippen molar-refractivity contribution in [3.63, 3.8) is 0 Å². The quantitative estimate of drug-likeness (QED) is 0.376. The second-order valence-corrected chi connectivity index (χ2v) is 7.29. The molecule has 1 amide bonds. The molecule has 0 radical (unpaired) electrons. The molecule has 3 aromatic carbocycles. The van der Waals surface area contributed by atoms with Crippen molar-refractivity contribution >= 4 is 44.8 Å². The van der Waals surface area contributed by atoms with Gasteiger partial charge in [0.2, 0.25) is 0 Å². The topological polar surface area (TPSA) is 76.1 Å². The zero-order valence-electron chi connectivity index (χ0n) is 17.4. The molecule has 6 heteroatoms. The molecule has 2 heterocycles. The smallest absolute Gasteiger partial charge is 0.257 e. The minimum Gasteiger partial charge on any atom is -0.497 e. The van der Waals surface area contributed by atoms with E-state index < -0.39 is 0 Å². The second-order valence-electron chi connectivity index (χ2n) is 7.29. The number of anilines is 3. The van der Waals surface area contributed by atoms with Crippen LogP contribution in [0.5, 0.6) is 5.75 Å². The molecule has 2 N–H and O–H groups in total. The lowest BCUT2D eigenvalue weighted by atomic mass is 10.1. The van der Waals surface area contributed by atoms with Crippen molar-refractivity contribution in [1.82, 2.24) is 9.97 Å². The van der Waals surface area contributed by atoms with Gasteiger partial charge in [-0.15, -0.1) is 0 Å². The predicted octanol–water partition coefficient (Wildman–Crippen LogP) is 5.79. The van der Waals surface area contributed by atoms with Gasteiger partial charge in [-0.3, -0.25) is 9.78 Å². The number of hydrogen-bond donors (Lipinski definition) is 2. The molecule has 0 unspecified atom stereocenters. The fourth-order valence-electron chi connectivity index (χ4n) is 3.62. The predicted molar refractivity (Wildman–Crippen MR) is 128 cm³/mol. The van der Waals surface area contributed by atoms with Crippen LogP contribution < -0.4 is 15.4 Å². The Morgan fingerprint density at radius 3 is 2.38 bits per heavy atom. The van der Waals surface area contributed by atoms with Crippen LogP contribution in [0.25, 0.3) is 21.7 Å². The summed E-state index contributed by atoms with van der Waals surface area (Å²) in [7, 11) is 1.63. The van der Waals surface area contributed by atoms with E-state index in [4.69, 9.17) is 4.74 Å². The molecular weight excluding hydrogens is 400 g/mol. The number of carbonyl (C=O) groups is 1. The summed E-state index contributed by atoms with van der Waals surface area (Å²) in [4.78, 5) is 22.0. The Kier molecular flexibility index (Phi) is 5.09. The van der Waals surface area contributed by atoms with E-state index in [1.165, 1.54) is 0 Å². The molecule has 5 aromatic rings. The average Bonchev–Trinajstić information content (AvgIpc) is 2.84. The van der Waals surface area contributed by atoms with E-state index in [1.807, 2.05) is 78.9 Å². The molecule has 0 saturated carbocycles. The summed E-state index contributed by atoms with van der Waals surface area (Å²) < 4.78 is 5.21. The number of methoxy groups -OCH3 is 1. The first-order chi connectivity index (χ1) is 15.7. The standard InChI is InChI=1S/C26H20N4O2/c1-32-20-12-10-18(11-13-20)29-25-22-8-4-3-7-21(22)23(16-28-25)26(31)30-19-14-17-6-2-5-9-24(17)27-15-19/h2-16H,1H3,(H,28,29)(H,30,31). The number of carbonyl (C=O) groups excluding carboxylic acids is 1. The number of fused-ring (bicyclic) bond motifs is 2. The summed E-state index contributed by atoms with van der Waals surface area (Å²) >= 11 is 0. The summed E-state index contributed by atoms with van der Waals surface area (Å²) in [6.45, 7) is 0. The molecule has 6 nitrogen and oxygen atoms in total. The number of rotatable bonds is 5. The van der Waals surface area contributed by atoms with Crippen molar-refractivity contribution in [2.75, 3.05) is 17.7 Å². The number of nitrogens with zero attached hydrogens (tertiary/aromatic N) is 2. The molecular formula is C26H20N4O2. The van der Waals surface area contributed by atoms with Crippen LogP contribution in [0.2, 0.25) is 0 Å². The van der Waals surface area contributed by atoms with E-state index >= 15 is 0 Å². The zero-order chi connectivity index (χ0) is 21.9. The van der Waals surface area contributed by atoms with Crippen LogP contribution in [0.15, 0.2) is 91.3 Å². The lowest BCUT2D eigenvalue weighted by molar-refractivity contribution is 0.102. The van der Waals surface area contributed by atoms with Crippen molar-refractivity contribution in [2.45, 2.75) is 0 Å². The monoisotopic (exact) mass is 420 g/mol. The Morgan fingerprint density at radius 1 is 0.812 bits per heavy atom. The highest BCUT2D eigenvalue weighted by Gasteiger charge is 2.14. The van der Waals surface area contributed by atoms with E-state index in [9.17, 15) is 4.79 Å². The number of aromatic nitrogens is 2. The fourth-order valence-corrected chi connectivity index (χ4v) is 3.62. The van der Waals surface area contributed by atoms with Gasteiger partial charge >= 0.3 is 0 Å². The van der Waals surface area contributed by atoms with Gasteiger partial charge in [0.1, 0.15) is 11.6 Å². The van der Waals surface area contributed by atoms with E-state index in [-0.39, 0.29) is 5.91 Å². The summed E-state index contributed by atoms with van der Waals surface area (Å²) in [6, 6.07) is 25.0. The highest BCUT2D eigenvalue weighted by molar-refractivity contribution is 6.14. The van der Waals surface area contributed by atoms with Crippen LogP contribution in [0, 0.1) is 0 Å². The first-order valence-electron chi connectivity index (χ1n) is 10.2. The third-order valence-electron chi connectivity index (χ3n) is 5.24. The molecule has 0 atom stereocenters. The summed E-state index contributed by atoms with van der Waals surface area (Å²) in [6.07, 6.45) is 3.26. The van der Waals surface area contributed by atoms with Gasteiger partial charge in [-0.1, -0.05) is 42.5 Å². The highest BCUT2D eigenvalue weighted by Crippen LogP contribution is 2.28. The van der Waals surface area contributed by atoms with Crippen LogP contribution in [0.1, 0.15) is 10.4 Å². The van der Waals surface area contributed by atoms with E-state index in [0.29, 0.717) is 17.1 Å². The van der Waals surface area contributed by atoms with Crippen LogP contribution in [0.4, 0.5) is 17.2 Å². The van der Waals surface area contributed by atoms with Gasteiger partial charge in [-0.05, 0) is 41.8 Å². The van der Waals surface area contributed by atoms with Gasteiger partial charge in [-0.25, -0.2) is 4.98 Å². The minimum absolute atomic E-state index is 0.234. The Balaban J connectivity index is 1.46. The summed E-state index contributed by atoms with van der Waals surface area (Å²) in [5.74, 6) is 1.22. The van der Waals surface area contributed by atoms with Crippen molar-refractivity contribution in [3.05, 3.63) is 96.8 Å². The molecule has 0 bridgehead atoms. The first-order valence-corrected chi connectivity index (χ1v) is 10.2. The van der Waals surface area contributed by atoms with Crippen LogP contribution >= 0.6 is 0 Å². The van der Waals surface area contributed by atoms with Crippen molar-refractivity contribution in [3.8, 4) is 5.75 Å². The van der Waals surface area contributed by atoms with E-state index in [1.54, 1.807) is 19.5 Å². The molecule has 32 heavy (non-hydrogen) atoms. The van der Waals surface area contributed by atoms with Gasteiger partial charge in [0, 0.05) is 22.7 Å². The number of amides is 1. The number of nitrogens with one attached hydrogen (secondary N) is 2. The number of ether oxygens (including phenoxy) is 1. The maximum absolute atomic E-state index is 13.1. The average molecular weight is 420 g/mol. The Hall–Kier alpha value is -4.45. The second kappa shape index (κ2) is 8.35. The SMILES string of the molecule is COc1ccc(Nc2ncc(C(=O)Nc3cnc4ccccc4c3)c3ccccc23)cc1. The van der Waals surface area contributed by atoms with Crippen LogP contribution in [-0.4, -0.2) is 23.0 Å². The Labute approximate surface area is 184 Å². The molecule has 0 spiro atoms. The molecule has 2 aromatic heterocycles. The molecule has 0 fully saturated rings. The third-order valence-corrected chi connectivity index (χ3v) is 5.24. The van der Waals surface area contributed by atoms with Gasteiger partial charge in [0.05, 0.1) is 30.1 Å². The summed E-state index contributed by atoms with van der Waals surface area (Å²) in [5, 5.41) is 8.90. The molecule has 5 rings (SSSR count).